The van der Waals surface area contributed by atoms with E-state index in [1.165, 1.54) is 10.9 Å². The summed E-state index contributed by atoms with van der Waals surface area (Å²) in [5.74, 6) is 0.100. The molecule has 0 aliphatic carbocycles. The fraction of sp³-hybridized carbons (Fsp3) is 0.250. The molecule has 0 bridgehead atoms. The van der Waals surface area contributed by atoms with Crippen LogP contribution in [-0.2, 0) is 7.05 Å². The van der Waals surface area contributed by atoms with Crippen LogP contribution in [0.1, 0.15) is 12.1 Å². The minimum absolute atomic E-state index is 0.100. The average Bonchev–Trinajstić information content (AvgIpc) is 2.71. The maximum Gasteiger partial charge on any atom is 0.284 e. The molecule has 0 saturated heterocycles. The van der Waals surface area contributed by atoms with Gasteiger partial charge in [0, 0.05) is 13.2 Å². The summed E-state index contributed by atoms with van der Waals surface area (Å²) in [4.78, 5) is 3.65. The Kier molecular flexibility index (Phi) is 2.47. The number of rotatable bonds is 2. The van der Waals surface area contributed by atoms with Gasteiger partial charge in [-0.3, -0.25) is 4.68 Å². The predicted molar refractivity (Wildman–Crippen MR) is 50.9 cm³/mol. The Morgan fingerprint density at radius 2 is 2.27 bits per heavy atom. The van der Waals surface area contributed by atoms with E-state index in [0.717, 1.165) is 0 Å². The Hall–Kier alpha value is -1.37. The molecule has 0 fully saturated rings. The minimum Gasteiger partial charge on any atom is -0.429 e. The highest BCUT2D eigenvalue weighted by Gasteiger charge is 2.20. The van der Waals surface area contributed by atoms with Crippen molar-refractivity contribution in [2.45, 2.75) is 11.5 Å². The molecule has 0 unspecified atom stereocenters. The van der Waals surface area contributed by atoms with Gasteiger partial charge in [-0.1, -0.05) is 0 Å². The van der Waals surface area contributed by atoms with Gasteiger partial charge in [-0.2, -0.15) is 5.10 Å². The smallest absolute Gasteiger partial charge is 0.284 e. The molecule has 2 rings (SSSR count). The number of aryl methyl sites for hydroxylation is 1. The van der Waals surface area contributed by atoms with Crippen LogP contribution < -0.4 is 0 Å². The van der Waals surface area contributed by atoms with Crippen LogP contribution >= 0.6 is 12.6 Å². The lowest BCUT2D eigenvalue weighted by Crippen LogP contribution is -1.85. The van der Waals surface area contributed by atoms with Crippen molar-refractivity contribution in [2.75, 3.05) is 0 Å². The lowest BCUT2D eigenvalue weighted by Gasteiger charge is -1.89. The Morgan fingerprint density at radius 3 is 2.73 bits per heavy atom. The maximum absolute atomic E-state index is 12.4. The molecule has 2 aromatic heterocycles. The van der Waals surface area contributed by atoms with Gasteiger partial charge in [0.1, 0.15) is 0 Å². The fourth-order valence-electron chi connectivity index (χ4n) is 1.12. The zero-order valence-corrected chi connectivity index (χ0v) is 8.58. The van der Waals surface area contributed by atoms with Crippen LogP contribution in [0.5, 0.6) is 0 Å². The number of hydrogen-bond acceptors (Lipinski definition) is 4. The Labute approximate surface area is 89.3 Å². The summed E-state index contributed by atoms with van der Waals surface area (Å²) in [6.45, 7) is 0. The molecule has 0 N–H and O–H groups in total. The summed E-state index contributed by atoms with van der Waals surface area (Å²) in [6.07, 6.45) is 0.412. The normalized spacial score (nSPS) is 11.3. The molecule has 0 atom stereocenters. The molecule has 0 aromatic carbocycles. The third-order valence-electron chi connectivity index (χ3n) is 1.79. The molecule has 7 heteroatoms. The largest absolute Gasteiger partial charge is 0.429 e. The Balaban J connectivity index is 2.42. The fourth-order valence-corrected chi connectivity index (χ4v) is 1.36. The molecule has 0 saturated carbocycles. The van der Waals surface area contributed by atoms with E-state index in [-0.39, 0.29) is 11.0 Å². The van der Waals surface area contributed by atoms with Gasteiger partial charge in [-0.25, -0.2) is 13.8 Å². The van der Waals surface area contributed by atoms with Crippen molar-refractivity contribution in [1.29, 1.82) is 0 Å². The second-order valence-electron chi connectivity index (χ2n) is 2.91. The molecule has 4 nitrogen and oxygen atoms in total. The molecule has 0 amide bonds. The monoisotopic (exact) mass is 231 g/mol. The van der Waals surface area contributed by atoms with Crippen LogP contribution in [0.3, 0.4) is 0 Å². The molecule has 2 heterocycles. The number of alkyl halides is 2. The highest BCUT2D eigenvalue weighted by atomic mass is 32.1. The molecule has 0 aliphatic heterocycles. The van der Waals surface area contributed by atoms with Crippen LogP contribution in [0.4, 0.5) is 8.78 Å². The average molecular weight is 231 g/mol. The van der Waals surface area contributed by atoms with Gasteiger partial charge in [-0.05, 0) is 0 Å². The molecular weight excluding hydrogens is 224 g/mol. The molecule has 0 radical (unpaired) electrons. The first-order valence-corrected chi connectivity index (χ1v) is 4.49. The first kappa shape index (κ1) is 10.2. The third kappa shape index (κ3) is 1.87. The Bertz CT molecular complexity index is 480. The molecule has 0 aliphatic rings. The summed E-state index contributed by atoms with van der Waals surface area (Å²) in [5, 5.41) is 3.72. The lowest BCUT2D eigenvalue weighted by molar-refractivity contribution is 0.141. The lowest BCUT2D eigenvalue weighted by atomic mass is 10.4. The van der Waals surface area contributed by atoms with Crippen molar-refractivity contribution < 1.29 is 13.2 Å². The van der Waals surface area contributed by atoms with Gasteiger partial charge in [-0.15, -0.1) is 12.6 Å². The second kappa shape index (κ2) is 3.65. The molecule has 15 heavy (non-hydrogen) atoms. The minimum atomic E-state index is -2.69. The summed E-state index contributed by atoms with van der Waals surface area (Å²) >= 11 is 3.78. The van der Waals surface area contributed by atoms with E-state index in [1.54, 1.807) is 13.2 Å². The predicted octanol–water partition coefficient (Wildman–Crippen LogP) is 2.30. The van der Waals surface area contributed by atoms with E-state index in [9.17, 15) is 8.78 Å². The van der Waals surface area contributed by atoms with Crippen molar-refractivity contribution in [3.63, 3.8) is 0 Å². The van der Waals surface area contributed by atoms with Gasteiger partial charge in [0.2, 0.25) is 5.89 Å². The van der Waals surface area contributed by atoms with E-state index in [1.807, 2.05) is 0 Å². The van der Waals surface area contributed by atoms with Gasteiger partial charge in [0.05, 0.1) is 11.8 Å². The van der Waals surface area contributed by atoms with Crippen LogP contribution in [-0.4, -0.2) is 14.8 Å². The highest BCUT2D eigenvalue weighted by molar-refractivity contribution is 7.80. The third-order valence-corrected chi connectivity index (χ3v) is 2.11. The van der Waals surface area contributed by atoms with Gasteiger partial charge in [0.15, 0.2) is 10.8 Å². The van der Waals surface area contributed by atoms with Gasteiger partial charge in [0.25, 0.3) is 6.43 Å². The van der Waals surface area contributed by atoms with Crippen LogP contribution in [0.2, 0.25) is 0 Å². The van der Waals surface area contributed by atoms with Crippen LogP contribution in [0.15, 0.2) is 21.9 Å². The van der Waals surface area contributed by atoms with E-state index >= 15 is 0 Å². The first-order chi connectivity index (χ1) is 7.08. The van der Waals surface area contributed by atoms with E-state index in [0.29, 0.717) is 5.56 Å². The summed E-state index contributed by atoms with van der Waals surface area (Å²) in [6, 6.07) is 0. The zero-order chi connectivity index (χ0) is 11.0. The van der Waals surface area contributed by atoms with E-state index in [2.05, 4.69) is 22.7 Å². The van der Waals surface area contributed by atoms with E-state index in [4.69, 9.17) is 4.42 Å². The quantitative estimate of drug-likeness (QED) is 0.806. The van der Waals surface area contributed by atoms with Gasteiger partial charge < -0.3 is 4.42 Å². The van der Waals surface area contributed by atoms with Gasteiger partial charge >= 0.3 is 0 Å². The van der Waals surface area contributed by atoms with Crippen molar-refractivity contribution in [1.82, 2.24) is 14.8 Å². The number of aromatic nitrogens is 3. The highest BCUT2D eigenvalue weighted by Crippen LogP contribution is 2.29. The SMILES string of the molecule is Cn1cc(-c2nc(C(F)F)c(S)o2)cn1. The maximum atomic E-state index is 12.4. The van der Waals surface area contributed by atoms with Crippen LogP contribution in [0.25, 0.3) is 11.5 Å². The number of oxazole rings is 1. The van der Waals surface area contributed by atoms with Crippen molar-refractivity contribution in [3.05, 3.63) is 18.1 Å². The molecule has 80 valence electrons. The second-order valence-corrected chi connectivity index (χ2v) is 3.32. The molecule has 2 aromatic rings. The molecule has 0 spiro atoms. The van der Waals surface area contributed by atoms with Crippen molar-refractivity contribution in [2.24, 2.45) is 7.05 Å². The van der Waals surface area contributed by atoms with E-state index < -0.39 is 12.1 Å². The number of hydrogen-bond donors (Lipinski definition) is 1. The summed E-state index contributed by atoms with van der Waals surface area (Å²) < 4.78 is 31.3. The van der Waals surface area contributed by atoms with Crippen molar-refractivity contribution >= 4 is 12.6 Å². The molecular formula is C8H7F2N3OS. The topological polar surface area (TPSA) is 43.9 Å². The zero-order valence-electron chi connectivity index (χ0n) is 7.69. The standard InChI is InChI=1S/C8H7F2N3OS/c1-13-3-4(2-11-13)7-12-5(6(9)10)8(15)14-7/h2-3,6,15H,1H3. The summed E-state index contributed by atoms with van der Waals surface area (Å²) in [7, 11) is 1.71. The van der Waals surface area contributed by atoms with Crippen LogP contribution in [0, 0.1) is 0 Å². The number of thiol groups is 1. The number of halogens is 2. The van der Waals surface area contributed by atoms with Crippen molar-refractivity contribution in [3.8, 4) is 11.5 Å². The first-order valence-electron chi connectivity index (χ1n) is 4.05. The summed E-state index contributed by atoms with van der Waals surface area (Å²) in [5.41, 5.74) is 0.0943. The number of nitrogens with zero attached hydrogens (tertiary/aromatic N) is 3. The Morgan fingerprint density at radius 1 is 1.53 bits per heavy atom.